The van der Waals surface area contributed by atoms with Crippen molar-refractivity contribution in [3.8, 4) is 16.9 Å². The number of nitrogens with zero attached hydrogens (tertiary/aromatic N) is 4. The Hall–Kier alpha value is -2.40. The summed E-state index contributed by atoms with van der Waals surface area (Å²) in [5.74, 6) is 0.271. The number of aryl methyl sites for hydroxylation is 1. The zero-order valence-corrected chi connectivity index (χ0v) is 12.5. The molecule has 0 aliphatic rings. The van der Waals surface area contributed by atoms with Crippen molar-refractivity contribution in [1.29, 1.82) is 0 Å². The third kappa shape index (κ3) is 2.25. The molecule has 2 heterocycles. The van der Waals surface area contributed by atoms with Crippen molar-refractivity contribution >= 4 is 17.4 Å². The number of nitrogen functional groups attached to an aromatic ring is 1. The second-order valence-corrected chi connectivity index (χ2v) is 5.09. The van der Waals surface area contributed by atoms with Gasteiger partial charge in [-0.1, -0.05) is 29.8 Å². The number of nitrogens with two attached hydrogens (primary N) is 1. The highest BCUT2D eigenvalue weighted by Crippen LogP contribution is 2.33. The molecule has 0 saturated heterocycles. The first-order valence-corrected chi connectivity index (χ1v) is 6.85. The number of para-hydroxylation sites is 1. The molecule has 0 amide bonds. The van der Waals surface area contributed by atoms with E-state index in [0.29, 0.717) is 10.7 Å². The molecule has 0 spiro atoms. The van der Waals surface area contributed by atoms with Gasteiger partial charge in [-0.25, -0.2) is 14.6 Å². The normalized spacial score (nSPS) is 10.8. The molecule has 1 aromatic carbocycles. The van der Waals surface area contributed by atoms with Gasteiger partial charge in [-0.15, -0.1) is 0 Å². The summed E-state index contributed by atoms with van der Waals surface area (Å²) in [5, 5.41) is 4.94. The quantitative estimate of drug-likeness (QED) is 0.789. The number of hydrogen-bond acceptors (Lipinski definition) is 4. The lowest BCUT2D eigenvalue weighted by molar-refractivity contribution is 0.834. The van der Waals surface area contributed by atoms with Crippen molar-refractivity contribution < 1.29 is 0 Å². The predicted molar refractivity (Wildman–Crippen MR) is 83.5 cm³/mol. The molecule has 6 heteroatoms. The van der Waals surface area contributed by atoms with E-state index in [-0.39, 0.29) is 5.82 Å². The van der Waals surface area contributed by atoms with Crippen LogP contribution in [0.2, 0.25) is 5.02 Å². The summed E-state index contributed by atoms with van der Waals surface area (Å²) in [4.78, 5) is 8.16. The summed E-state index contributed by atoms with van der Waals surface area (Å²) in [5.41, 5.74) is 10.1. The van der Waals surface area contributed by atoms with Crippen LogP contribution in [0.4, 0.5) is 5.82 Å². The van der Waals surface area contributed by atoms with E-state index >= 15 is 0 Å². The number of rotatable bonds is 2. The maximum atomic E-state index is 6.24. The van der Waals surface area contributed by atoms with Gasteiger partial charge < -0.3 is 5.73 Å². The van der Waals surface area contributed by atoms with Crippen LogP contribution in [0.15, 0.2) is 36.7 Å². The first-order valence-electron chi connectivity index (χ1n) is 6.47. The molecule has 2 N–H and O–H groups in total. The maximum absolute atomic E-state index is 6.24. The van der Waals surface area contributed by atoms with Crippen molar-refractivity contribution in [1.82, 2.24) is 19.7 Å². The first kappa shape index (κ1) is 13.6. The molecule has 0 fully saturated rings. The van der Waals surface area contributed by atoms with Crippen molar-refractivity contribution in [2.45, 2.75) is 13.8 Å². The van der Waals surface area contributed by atoms with E-state index in [4.69, 9.17) is 17.3 Å². The number of halogens is 1. The Bertz CT molecular complexity index is 795. The van der Waals surface area contributed by atoms with Crippen LogP contribution in [-0.4, -0.2) is 19.7 Å². The van der Waals surface area contributed by atoms with Gasteiger partial charge >= 0.3 is 0 Å². The van der Waals surface area contributed by atoms with Gasteiger partial charge in [0.15, 0.2) is 0 Å². The Labute approximate surface area is 127 Å². The lowest BCUT2D eigenvalue weighted by Crippen LogP contribution is -1.99. The largest absolute Gasteiger partial charge is 0.382 e. The molecule has 3 aromatic rings. The Morgan fingerprint density at radius 2 is 1.81 bits per heavy atom. The Balaban J connectivity index is 2.22. The van der Waals surface area contributed by atoms with Gasteiger partial charge in [-0.3, -0.25) is 0 Å². The second-order valence-electron chi connectivity index (χ2n) is 4.71. The zero-order chi connectivity index (χ0) is 15.0. The molecule has 0 bridgehead atoms. The van der Waals surface area contributed by atoms with Gasteiger partial charge in [-0.2, -0.15) is 5.10 Å². The fourth-order valence-corrected chi connectivity index (χ4v) is 2.56. The van der Waals surface area contributed by atoms with Crippen LogP contribution in [-0.2, 0) is 0 Å². The van der Waals surface area contributed by atoms with Gasteiger partial charge in [0.2, 0.25) is 0 Å². The molecule has 0 aliphatic heterocycles. The summed E-state index contributed by atoms with van der Waals surface area (Å²) in [6, 6.07) is 9.92. The first-order chi connectivity index (χ1) is 10.1. The van der Waals surface area contributed by atoms with E-state index in [1.165, 1.54) is 6.33 Å². The van der Waals surface area contributed by atoms with Gasteiger partial charge in [0.25, 0.3) is 0 Å². The average molecular weight is 300 g/mol. The van der Waals surface area contributed by atoms with E-state index in [1.807, 2.05) is 48.9 Å². The Morgan fingerprint density at radius 1 is 1.10 bits per heavy atom. The van der Waals surface area contributed by atoms with Gasteiger partial charge in [0, 0.05) is 5.56 Å². The molecular formula is C15H14ClN5. The van der Waals surface area contributed by atoms with Crippen LogP contribution < -0.4 is 5.73 Å². The summed E-state index contributed by atoms with van der Waals surface area (Å²) in [7, 11) is 0. The topological polar surface area (TPSA) is 69.6 Å². The van der Waals surface area contributed by atoms with Crippen LogP contribution in [0.5, 0.6) is 0 Å². The molecule has 2 aromatic heterocycles. The van der Waals surface area contributed by atoms with Crippen LogP contribution in [0.3, 0.4) is 0 Å². The number of anilines is 1. The summed E-state index contributed by atoms with van der Waals surface area (Å²) < 4.78 is 1.87. The minimum absolute atomic E-state index is 0.271. The highest BCUT2D eigenvalue weighted by molar-refractivity contribution is 6.35. The zero-order valence-electron chi connectivity index (χ0n) is 11.7. The van der Waals surface area contributed by atoms with Crippen molar-refractivity contribution in [2.75, 3.05) is 5.73 Å². The Kier molecular flexibility index (Phi) is 3.35. The minimum Gasteiger partial charge on any atom is -0.382 e. The van der Waals surface area contributed by atoms with Crippen LogP contribution in [0.1, 0.15) is 11.4 Å². The fraction of sp³-hybridized carbons (Fsp3) is 0.133. The lowest BCUT2D eigenvalue weighted by Gasteiger charge is -2.07. The summed E-state index contributed by atoms with van der Waals surface area (Å²) in [6.07, 6.45) is 1.41. The van der Waals surface area contributed by atoms with Crippen LogP contribution in [0.25, 0.3) is 16.9 Å². The van der Waals surface area contributed by atoms with Crippen molar-refractivity contribution in [3.05, 3.63) is 53.1 Å². The minimum atomic E-state index is 0.271. The third-order valence-electron chi connectivity index (χ3n) is 3.35. The maximum Gasteiger partial charge on any atom is 0.146 e. The third-order valence-corrected chi connectivity index (χ3v) is 3.72. The molecule has 5 nitrogen and oxygen atoms in total. The molecule has 21 heavy (non-hydrogen) atoms. The summed E-state index contributed by atoms with van der Waals surface area (Å²) in [6.45, 7) is 3.91. The van der Waals surface area contributed by atoms with E-state index in [9.17, 15) is 0 Å². The molecular weight excluding hydrogens is 286 g/mol. The lowest BCUT2D eigenvalue weighted by atomic mass is 10.1. The molecule has 0 saturated carbocycles. The smallest absolute Gasteiger partial charge is 0.146 e. The van der Waals surface area contributed by atoms with Crippen molar-refractivity contribution in [2.24, 2.45) is 0 Å². The molecule has 0 unspecified atom stereocenters. The molecule has 0 atom stereocenters. The number of benzene rings is 1. The monoisotopic (exact) mass is 299 g/mol. The van der Waals surface area contributed by atoms with E-state index in [2.05, 4.69) is 15.1 Å². The number of aromatic nitrogens is 4. The molecule has 106 valence electrons. The molecule has 3 rings (SSSR count). The highest BCUT2D eigenvalue weighted by atomic mass is 35.5. The fourth-order valence-electron chi connectivity index (χ4n) is 2.36. The second kappa shape index (κ2) is 5.18. The van der Waals surface area contributed by atoms with E-state index < -0.39 is 0 Å². The summed E-state index contributed by atoms with van der Waals surface area (Å²) >= 11 is 6.24. The van der Waals surface area contributed by atoms with Gasteiger partial charge in [-0.05, 0) is 26.0 Å². The van der Waals surface area contributed by atoms with Gasteiger partial charge in [0.1, 0.15) is 17.2 Å². The highest BCUT2D eigenvalue weighted by Gasteiger charge is 2.19. The molecule has 0 aliphatic carbocycles. The Morgan fingerprint density at radius 3 is 2.52 bits per heavy atom. The standard InChI is InChI=1S/C15H14ClN5/c1-9-12(14-13(16)15(17)19-8-18-14)10(2)21(20-9)11-6-4-3-5-7-11/h3-8H,1-2H3,(H2,17,18,19). The average Bonchev–Trinajstić information content (AvgIpc) is 2.78. The van der Waals surface area contributed by atoms with Crippen LogP contribution >= 0.6 is 11.6 Å². The molecule has 0 radical (unpaired) electrons. The van der Waals surface area contributed by atoms with Gasteiger partial charge in [0.05, 0.1) is 22.8 Å². The predicted octanol–water partition coefficient (Wildman–Crippen LogP) is 3.18. The number of hydrogen-bond donors (Lipinski definition) is 1. The van der Waals surface area contributed by atoms with E-state index in [0.717, 1.165) is 22.6 Å². The van der Waals surface area contributed by atoms with E-state index in [1.54, 1.807) is 0 Å². The SMILES string of the molecule is Cc1nn(-c2ccccc2)c(C)c1-c1ncnc(N)c1Cl. The van der Waals surface area contributed by atoms with Crippen LogP contribution in [0, 0.1) is 13.8 Å². The van der Waals surface area contributed by atoms with Crippen molar-refractivity contribution in [3.63, 3.8) is 0 Å².